The third kappa shape index (κ3) is 2.96. The fourth-order valence-electron chi connectivity index (χ4n) is 1.53. The molecule has 0 aliphatic heterocycles. The van der Waals surface area contributed by atoms with E-state index in [0.29, 0.717) is 5.56 Å². The quantitative estimate of drug-likeness (QED) is 0.903. The van der Waals surface area contributed by atoms with Crippen molar-refractivity contribution in [3.8, 4) is 0 Å². The minimum atomic E-state index is -4.58. The molecule has 0 saturated carbocycles. The van der Waals surface area contributed by atoms with Crippen LogP contribution in [0.5, 0.6) is 0 Å². The number of carbonyl (C=O) groups excluding carboxylic acids is 1. The Labute approximate surface area is 107 Å². The smallest absolute Gasteiger partial charge is 0.419 e. The van der Waals surface area contributed by atoms with Gasteiger partial charge in [0.1, 0.15) is 0 Å². The van der Waals surface area contributed by atoms with Crippen molar-refractivity contribution in [2.24, 2.45) is 0 Å². The predicted octanol–water partition coefficient (Wildman–Crippen LogP) is 3.66. The highest BCUT2D eigenvalue weighted by atomic mass is 19.4. The van der Waals surface area contributed by atoms with Crippen molar-refractivity contribution in [2.75, 3.05) is 5.32 Å². The van der Waals surface area contributed by atoms with Gasteiger partial charge < -0.3 is 9.73 Å². The zero-order valence-corrected chi connectivity index (χ0v) is 9.84. The molecule has 0 atom stereocenters. The number of carbonyl (C=O) groups is 1. The van der Waals surface area contributed by atoms with E-state index in [0.717, 1.165) is 0 Å². The molecule has 0 aliphatic rings. The van der Waals surface area contributed by atoms with Gasteiger partial charge in [0.15, 0.2) is 5.76 Å². The average molecular weight is 268 g/mol. The third-order valence-corrected chi connectivity index (χ3v) is 2.36. The SMILES string of the molecule is Cc1c[c]c(C(F)(F)F)c(NC(=O)c2ccco2)c1. The van der Waals surface area contributed by atoms with E-state index in [1.54, 1.807) is 6.92 Å². The van der Waals surface area contributed by atoms with Crippen LogP contribution in [0, 0.1) is 13.0 Å². The summed E-state index contributed by atoms with van der Waals surface area (Å²) in [6.45, 7) is 1.61. The Balaban J connectivity index is 2.34. The number of furan rings is 1. The summed E-state index contributed by atoms with van der Waals surface area (Å²) in [5, 5.41) is 2.18. The molecule has 0 saturated heterocycles. The van der Waals surface area contributed by atoms with Gasteiger partial charge in [-0.05, 0) is 36.8 Å². The molecule has 1 aromatic heterocycles. The summed E-state index contributed by atoms with van der Waals surface area (Å²) in [7, 11) is 0. The zero-order chi connectivity index (χ0) is 14.0. The van der Waals surface area contributed by atoms with Crippen LogP contribution in [0.25, 0.3) is 0 Å². The topological polar surface area (TPSA) is 42.2 Å². The molecule has 3 nitrogen and oxygen atoms in total. The largest absolute Gasteiger partial charge is 0.459 e. The Morgan fingerprint density at radius 2 is 2.16 bits per heavy atom. The summed E-state index contributed by atoms with van der Waals surface area (Å²) in [5.41, 5.74) is -0.797. The summed E-state index contributed by atoms with van der Waals surface area (Å²) in [4.78, 5) is 11.7. The zero-order valence-electron chi connectivity index (χ0n) is 9.84. The minimum Gasteiger partial charge on any atom is -0.459 e. The van der Waals surface area contributed by atoms with E-state index in [2.05, 4.69) is 11.4 Å². The number of alkyl halides is 3. The highest BCUT2D eigenvalue weighted by molar-refractivity contribution is 6.02. The van der Waals surface area contributed by atoms with Crippen molar-refractivity contribution >= 4 is 11.6 Å². The molecular weight excluding hydrogens is 259 g/mol. The Morgan fingerprint density at radius 1 is 1.42 bits per heavy atom. The summed E-state index contributed by atoms with van der Waals surface area (Å²) >= 11 is 0. The molecule has 1 radical (unpaired) electrons. The van der Waals surface area contributed by atoms with Crippen molar-refractivity contribution < 1.29 is 22.4 Å². The number of aryl methyl sites for hydroxylation is 1. The van der Waals surface area contributed by atoms with Crippen LogP contribution in [-0.4, -0.2) is 5.91 Å². The molecule has 0 spiro atoms. The first-order chi connectivity index (χ1) is 8.88. The number of anilines is 1. The van der Waals surface area contributed by atoms with E-state index < -0.39 is 17.6 Å². The lowest BCUT2D eigenvalue weighted by atomic mass is 10.1. The van der Waals surface area contributed by atoms with Crippen LogP contribution in [0.2, 0.25) is 0 Å². The second-order valence-electron chi connectivity index (χ2n) is 3.89. The van der Waals surface area contributed by atoms with E-state index in [-0.39, 0.29) is 11.4 Å². The van der Waals surface area contributed by atoms with E-state index in [9.17, 15) is 18.0 Å². The van der Waals surface area contributed by atoms with E-state index >= 15 is 0 Å². The van der Waals surface area contributed by atoms with Crippen LogP contribution in [-0.2, 0) is 6.18 Å². The standard InChI is InChI=1S/C13H9F3NO2/c1-8-4-5-9(13(14,15)16)10(7-8)17-12(18)11-3-2-6-19-11/h2-4,6-7H,1H3,(H,17,18). The molecule has 6 heteroatoms. The van der Waals surface area contributed by atoms with Crippen molar-refractivity contribution in [1.82, 2.24) is 0 Å². The van der Waals surface area contributed by atoms with Crippen LogP contribution in [0.4, 0.5) is 18.9 Å². The predicted molar refractivity (Wildman–Crippen MR) is 61.7 cm³/mol. The molecule has 2 aromatic rings. The maximum atomic E-state index is 12.8. The lowest BCUT2D eigenvalue weighted by molar-refractivity contribution is -0.137. The highest BCUT2D eigenvalue weighted by Crippen LogP contribution is 2.35. The normalized spacial score (nSPS) is 11.4. The second-order valence-corrected chi connectivity index (χ2v) is 3.89. The average Bonchev–Trinajstić information content (AvgIpc) is 2.80. The van der Waals surface area contributed by atoms with Crippen LogP contribution < -0.4 is 5.32 Å². The number of halogens is 3. The first kappa shape index (κ1) is 13.2. The Hall–Kier alpha value is -2.24. The molecule has 2 rings (SSSR count). The number of nitrogens with one attached hydrogen (secondary N) is 1. The van der Waals surface area contributed by atoms with Crippen LogP contribution in [0.3, 0.4) is 0 Å². The van der Waals surface area contributed by atoms with Crippen molar-refractivity contribution in [2.45, 2.75) is 13.1 Å². The Morgan fingerprint density at radius 3 is 2.74 bits per heavy atom. The van der Waals surface area contributed by atoms with E-state index in [4.69, 9.17) is 4.42 Å². The van der Waals surface area contributed by atoms with Gasteiger partial charge in [-0.25, -0.2) is 0 Å². The molecule has 99 valence electrons. The first-order valence-electron chi connectivity index (χ1n) is 5.32. The van der Waals surface area contributed by atoms with Crippen molar-refractivity contribution in [3.63, 3.8) is 0 Å². The van der Waals surface area contributed by atoms with Gasteiger partial charge in [0.2, 0.25) is 0 Å². The second kappa shape index (κ2) is 4.79. The number of amides is 1. The van der Waals surface area contributed by atoms with Gasteiger partial charge in [-0.15, -0.1) is 0 Å². The molecule has 0 fully saturated rings. The van der Waals surface area contributed by atoms with Gasteiger partial charge in [-0.3, -0.25) is 4.79 Å². The summed E-state index contributed by atoms with van der Waals surface area (Å²) < 4.78 is 43.1. The Bertz CT molecular complexity index is 588. The monoisotopic (exact) mass is 268 g/mol. The third-order valence-electron chi connectivity index (χ3n) is 2.36. The van der Waals surface area contributed by atoms with Gasteiger partial charge >= 0.3 is 6.18 Å². The van der Waals surface area contributed by atoms with Crippen molar-refractivity contribution in [3.05, 3.63) is 53.5 Å². The summed E-state index contributed by atoms with van der Waals surface area (Å²) in [5.74, 6) is -0.802. The number of rotatable bonds is 2. The van der Waals surface area contributed by atoms with E-state index in [1.807, 2.05) is 0 Å². The molecule has 19 heavy (non-hydrogen) atoms. The van der Waals surface area contributed by atoms with E-state index in [1.165, 1.54) is 30.5 Å². The van der Waals surface area contributed by atoms with Gasteiger partial charge in [-0.1, -0.05) is 6.07 Å². The molecule has 0 aliphatic carbocycles. The van der Waals surface area contributed by atoms with Gasteiger partial charge in [0.25, 0.3) is 5.91 Å². The molecule has 0 bridgehead atoms. The fraction of sp³-hybridized carbons (Fsp3) is 0.154. The number of hydrogen-bond donors (Lipinski definition) is 1. The fourth-order valence-corrected chi connectivity index (χ4v) is 1.53. The minimum absolute atomic E-state index is 0.0605. The molecule has 0 unspecified atom stereocenters. The molecule has 1 amide bonds. The first-order valence-corrected chi connectivity index (χ1v) is 5.32. The lowest BCUT2D eigenvalue weighted by Crippen LogP contribution is -2.16. The summed E-state index contributed by atoms with van der Waals surface area (Å²) in [6.07, 6.45) is -3.32. The maximum Gasteiger partial charge on any atom is 0.419 e. The van der Waals surface area contributed by atoms with Gasteiger partial charge in [-0.2, -0.15) is 13.2 Å². The molecule has 1 N–H and O–H groups in total. The lowest BCUT2D eigenvalue weighted by Gasteiger charge is -2.13. The van der Waals surface area contributed by atoms with Gasteiger partial charge in [0, 0.05) is 0 Å². The summed E-state index contributed by atoms with van der Waals surface area (Å²) in [6, 6.07) is 7.41. The van der Waals surface area contributed by atoms with Gasteiger partial charge in [0.05, 0.1) is 17.5 Å². The van der Waals surface area contributed by atoms with Crippen molar-refractivity contribution in [1.29, 1.82) is 0 Å². The molecule has 1 aromatic carbocycles. The van der Waals surface area contributed by atoms with Crippen LogP contribution in [0.1, 0.15) is 21.7 Å². The number of benzene rings is 1. The van der Waals surface area contributed by atoms with Crippen LogP contribution in [0.15, 0.2) is 34.9 Å². The van der Waals surface area contributed by atoms with Crippen LogP contribution >= 0.6 is 0 Å². The highest BCUT2D eigenvalue weighted by Gasteiger charge is 2.34. The molecule has 1 heterocycles. The Kier molecular flexibility index (Phi) is 3.33. The number of hydrogen-bond acceptors (Lipinski definition) is 2. The molecular formula is C13H9F3NO2. The maximum absolute atomic E-state index is 12.8.